The number of rotatable bonds is 3. The fourth-order valence-corrected chi connectivity index (χ4v) is 2.60. The Kier molecular flexibility index (Phi) is 3.51. The quantitative estimate of drug-likeness (QED) is 0.617. The van der Waals surface area contributed by atoms with Gasteiger partial charge in [-0.2, -0.15) is 0 Å². The molecule has 0 bridgehead atoms. The molecule has 24 heavy (non-hydrogen) atoms. The molecule has 0 saturated heterocycles. The number of oxazole rings is 1. The maximum Gasteiger partial charge on any atom is 0.278 e. The van der Waals surface area contributed by atoms with E-state index in [9.17, 15) is 4.79 Å². The highest BCUT2D eigenvalue weighted by molar-refractivity contribution is 6.10. The molecule has 0 aliphatic rings. The molecule has 2 heterocycles. The predicted molar refractivity (Wildman–Crippen MR) is 91.6 cm³/mol. The summed E-state index contributed by atoms with van der Waals surface area (Å²) in [4.78, 5) is 21.0. The van der Waals surface area contributed by atoms with Crippen LogP contribution in [0.5, 0.6) is 0 Å². The SMILES string of the molecule is O=C(Nc1cccc2ncccc12)c1ncoc1-c1ccccc1. The van der Waals surface area contributed by atoms with Gasteiger partial charge in [0.25, 0.3) is 5.91 Å². The fraction of sp³-hybridized carbons (Fsp3) is 0. The number of hydrogen-bond acceptors (Lipinski definition) is 4. The van der Waals surface area contributed by atoms with Crippen LogP contribution in [0.15, 0.2) is 77.7 Å². The first-order valence-electron chi connectivity index (χ1n) is 7.47. The molecular weight excluding hydrogens is 302 g/mol. The van der Waals surface area contributed by atoms with Crippen molar-refractivity contribution in [1.82, 2.24) is 9.97 Å². The lowest BCUT2D eigenvalue weighted by atomic mass is 10.1. The highest BCUT2D eigenvalue weighted by Gasteiger charge is 2.18. The van der Waals surface area contributed by atoms with Gasteiger partial charge in [-0.15, -0.1) is 0 Å². The van der Waals surface area contributed by atoms with Gasteiger partial charge in [0, 0.05) is 17.1 Å². The van der Waals surface area contributed by atoms with E-state index in [1.807, 2.05) is 60.7 Å². The van der Waals surface area contributed by atoms with Crippen molar-refractivity contribution in [2.24, 2.45) is 0 Å². The third kappa shape index (κ3) is 2.52. The van der Waals surface area contributed by atoms with E-state index >= 15 is 0 Å². The number of carbonyl (C=O) groups is 1. The number of anilines is 1. The van der Waals surface area contributed by atoms with Crippen LogP contribution in [0.2, 0.25) is 0 Å². The van der Waals surface area contributed by atoms with Gasteiger partial charge in [-0.05, 0) is 24.3 Å². The van der Waals surface area contributed by atoms with Crippen LogP contribution in [0.1, 0.15) is 10.5 Å². The zero-order valence-electron chi connectivity index (χ0n) is 12.6. The molecule has 0 aliphatic carbocycles. The Morgan fingerprint density at radius 3 is 2.67 bits per heavy atom. The molecule has 0 aliphatic heterocycles. The summed E-state index contributed by atoms with van der Waals surface area (Å²) in [6.45, 7) is 0. The normalized spacial score (nSPS) is 10.7. The molecule has 1 N–H and O–H groups in total. The highest BCUT2D eigenvalue weighted by atomic mass is 16.3. The number of aromatic nitrogens is 2. The minimum absolute atomic E-state index is 0.252. The number of hydrogen-bond donors (Lipinski definition) is 1. The lowest BCUT2D eigenvalue weighted by molar-refractivity contribution is 0.102. The smallest absolute Gasteiger partial charge is 0.278 e. The zero-order valence-corrected chi connectivity index (χ0v) is 12.6. The van der Waals surface area contributed by atoms with Gasteiger partial charge in [0.1, 0.15) is 0 Å². The minimum atomic E-state index is -0.320. The molecule has 4 rings (SSSR count). The summed E-state index contributed by atoms with van der Waals surface area (Å²) in [5.74, 6) is 0.130. The fourth-order valence-electron chi connectivity index (χ4n) is 2.60. The van der Waals surface area contributed by atoms with Crippen LogP contribution in [-0.4, -0.2) is 15.9 Å². The maximum atomic E-state index is 12.7. The van der Waals surface area contributed by atoms with E-state index in [4.69, 9.17) is 4.42 Å². The largest absolute Gasteiger partial charge is 0.443 e. The van der Waals surface area contributed by atoms with E-state index in [-0.39, 0.29) is 11.6 Å². The Balaban J connectivity index is 1.70. The van der Waals surface area contributed by atoms with Crippen LogP contribution in [0.3, 0.4) is 0 Å². The number of pyridine rings is 1. The second-order valence-electron chi connectivity index (χ2n) is 5.23. The molecule has 0 atom stereocenters. The molecule has 0 spiro atoms. The minimum Gasteiger partial charge on any atom is -0.443 e. The number of fused-ring (bicyclic) bond motifs is 1. The summed E-state index contributed by atoms with van der Waals surface area (Å²) in [5.41, 5.74) is 2.56. The van der Waals surface area contributed by atoms with Crippen molar-refractivity contribution in [3.8, 4) is 11.3 Å². The molecule has 5 heteroatoms. The van der Waals surface area contributed by atoms with Gasteiger partial charge >= 0.3 is 0 Å². The molecule has 0 radical (unpaired) electrons. The number of nitrogens with zero attached hydrogens (tertiary/aromatic N) is 2. The molecule has 1 amide bonds. The van der Waals surface area contributed by atoms with E-state index in [0.29, 0.717) is 11.4 Å². The summed E-state index contributed by atoms with van der Waals surface area (Å²) in [6, 6.07) is 18.8. The van der Waals surface area contributed by atoms with Crippen molar-refractivity contribution < 1.29 is 9.21 Å². The summed E-state index contributed by atoms with van der Waals surface area (Å²) in [7, 11) is 0. The monoisotopic (exact) mass is 315 g/mol. The lowest BCUT2D eigenvalue weighted by Crippen LogP contribution is -2.13. The van der Waals surface area contributed by atoms with Crippen molar-refractivity contribution in [3.63, 3.8) is 0 Å². The van der Waals surface area contributed by atoms with Gasteiger partial charge in [0.15, 0.2) is 17.8 Å². The molecule has 0 unspecified atom stereocenters. The van der Waals surface area contributed by atoms with Crippen LogP contribution in [-0.2, 0) is 0 Å². The molecule has 2 aromatic carbocycles. The average Bonchev–Trinajstić information content (AvgIpc) is 3.13. The Labute approximate surface area is 138 Å². The second-order valence-corrected chi connectivity index (χ2v) is 5.23. The third-order valence-electron chi connectivity index (χ3n) is 3.71. The Morgan fingerprint density at radius 2 is 1.79 bits per heavy atom. The average molecular weight is 315 g/mol. The number of nitrogens with one attached hydrogen (secondary N) is 1. The first kappa shape index (κ1) is 14.1. The van der Waals surface area contributed by atoms with Crippen LogP contribution in [0.25, 0.3) is 22.2 Å². The Hall–Kier alpha value is -3.47. The van der Waals surface area contributed by atoms with Crippen LogP contribution >= 0.6 is 0 Å². The molecule has 116 valence electrons. The van der Waals surface area contributed by atoms with Gasteiger partial charge in [-0.1, -0.05) is 36.4 Å². The van der Waals surface area contributed by atoms with Crippen LogP contribution in [0.4, 0.5) is 5.69 Å². The highest BCUT2D eigenvalue weighted by Crippen LogP contribution is 2.25. The van der Waals surface area contributed by atoms with E-state index in [1.165, 1.54) is 6.39 Å². The summed E-state index contributed by atoms with van der Waals surface area (Å²) < 4.78 is 5.41. The number of carbonyl (C=O) groups excluding carboxylic acids is 1. The van der Waals surface area contributed by atoms with Crippen molar-refractivity contribution in [2.45, 2.75) is 0 Å². The first-order valence-corrected chi connectivity index (χ1v) is 7.47. The van der Waals surface area contributed by atoms with E-state index in [2.05, 4.69) is 15.3 Å². The van der Waals surface area contributed by atoms with Crippen molar-refractivity contribution in [3.05, 3.63) is 78.9 Å². The number of benzene rings is 2. The van der Waals surface area contributed by atoms with Gasteiger partial charge in [-0.3, -0.25) is 9.78 Å². The van der Waals surface area contributed by atoms with Crippen molar-refractivity contribution >= 4 is 22.5 Å². The standard InChI is InChI=1S/C19H13N3O2/c23-19(17-18(24-12-21-17)13-6-2-1-3-7-13)22-16-10-4-9-15-14(16)8-5-11-20-15/h1-12H,(H,22,23). The molecule has 0 saturated carbocycles. The zero-order chi connectivity index (χ0) is 16.4. The van der Waals surface area contributed by atoms with E-state index in [1.54, 1.807) is 6.20 Å². The molecule has 4 aromatic rings. The first-order chi connectivity index (χ1) is 11.8. The lowest BCUT2D eigenvalue weighted by Gasteiger charge is -2.07. The van der Waals surface area contributed by atoms with Crippen molar-refractivity contribution in [1.29, 1.82) is 0 Å². The third-order valence-corrected chi connectivity index (χ3v) is 3.71. The Morgan fingerprint density at radius 1 is 0.917 bits per heavy atom. The summed E-state index contributed by atoms with van der Waals surface area (Å²) >= 11 is 0. The predicted octanol–water partition coefficient (Wildman–Crippen LogP) is 4.14. The molecular formula is C19H13N3O2. The Bertz CT molecular complexity index is 1000. The van der Waals surface area contributed by atoms with Crippen molar-refractivity contribution in [2.75, 3.05) is 5.32 Å². The van der Waals surface area contributed by atoms with Gasteiger partial charge in [-0.25, -0.2) is 4.98 Å². The van der Waals surface area contributed by atoms with Gasteiger partial charge in [0.05, 0.1) is 11.2 Å². The maximum absolute atomic E-state index is 12.7. The van der Waals surface area contributed by atoms with Crippen LogP contribution in [0, 0.1) is 0 Å². The topological polar surface area (TPSA) is 68.0 Å². The molecule has 0 fully saturated rings. The van der Waals surface area contributed by atoms with E-state index in [0.717, 1.165) is 16.5 Å². The van der Waals surface area contributed by atoms with E-state index < -0.39 is 0 Å². The molecule has 2 aromatic heterocycles. The molecule has 5 nitrogen and oxygen atoms in total. The van der Waals surface area contributed by atoms with Gasteiger partial charge in [0.2, 0.25) is 0 Å². The van der Waals surface area contributed by atoms with Crippen LogP contribution < -0.4 is 5.32 Å². The summed E-state index contributed by atoms with van der Waals surface area (Å²) in [5, 5.41) is 3.77. The summed E-state index contributed by atoms with van der Waals surface area (Å²) in [6.07, 6.45) is 3.00. The second kappa shape index (κ2) is 5.96. The van der Waals surface area contributed by atoms with Gasteiger partial charge < -0.3 is 9.73 Å². The number of amides is 1.